The minimum absolute atomic E-state index is 0.0471. The van der Waals surface area contributed by atoms with Gasteiger partial charge >= 0.3 is 18.3 Å². The van der Waals surface area contributed by atoms with Crippen molar-refractivity contribution < 1.29 is 45.7 Å². The molecule has 33 heavy (non-hydrogen) atoms. The van der Waals surface area contributed by atoms with Crippen molar-refractivity contribution in [2.75, 3.05) is 14.2 Å². The van der Waals surface area contributed by atoms with Crippen LogP contribution in [0.4, 0.5) is 26.3 Å². The van der Waals surface area contributed by atoms with Crippen LogP contribution in [0.5, 0.6) is 11.5 Å². The average molecular weight is 510 g/mol. The summed E-state index contributed by atoms with van der Waals surface area (Å²) in [4.78, 5) is 17.9. The van der Waals surface area contributed by atoms with Gasteiger partial charge in [0.25, 0.3) is 0 Å². The van der Waals surface area contributed by atoms with Crippen molar-refractivity contribution in [1.82, 2.24) is 9.97 Å². The molecule has 0 aliphatic rings. The maximum atomic E-state index is 12.6. The highest BCUT2D eigenvalue weighted by Crippen LogP contribution is 2.40. The van der Waals surface area contributed by atoms with Crippen LogP contribution in [0.15, 0.2) is 30.3 Å². The summed E-state index contributed by atoms with van der Waals surface area (Å²) in [6, 6.07) is 7.29. The molecule has 1 N–H and O–H groups in total. The minimum atomic E-state index is -4.61. The number of para-hydroxylation sites is 1. The number of rotatable bonds is 3. The molecule has 2 heterocycles. The Morgan fingerprint density at radius 1 is 0.848 bits per heavy atom. The molecular formula is C19H12F6N2O4S2. The molecule has 0 atom stereocenters. The summed E-state index contributed by atoms with van der Waals surface area (Å²) in [5, 5.41) is 6.98. The van der Waals surface area contributed by atoms with Crippen molar-refractivity contribution in [3.63, 3.8) is 0 Å². The number of alkyl halides is 6. The van der Waals surface area contributed by atoms with E-state index in [1.807, 2.05) is 0 Å². The van der Waals surface area contributed by atoms with Crippen LogP contribution in [0.2, 0.25) is 0 Å². The fraction of sp³-hybridized carbons (Fsp3) is 0.211. The van der Waals surface area contributed by atoms with E-state index in [4.69, 9.17) is 14.6 Å². The molecule has 0 fully saturated rings. The molecule has 0 spiro atoms. The van der Waals surface area contributed by atoms with Gasteiger partial charge in [0.15, 0.2) is 10.0 Å². The van der Waals surface area contributed by atoms with E-state index in [9.17, 15) is 31.1 Å². The number of ether oxygens (including phenoxy) is 2. The molecule has 4 aromatic rings. The molecular weight excluding hydrogens is 498 g/mol. The van der Waals surface area contributed by atoms with Gasteiger partial charge in [-0.3, -0.25) is 0 Å². The minimum Gasteiger partial charge on any atom is -0.494 e. The van der Waals surface area contributed by atoms with Crippen molar-refractivity contribution in [1.29, 1.82) is 0 Å². The number of carbonyl (C=O) groups is 1. The lowest BCUT2D eigenvalue weighted by Crippen LogP contribution is -2.03. The summed E-state index contributed by atoms with van der Waals surface area (Å²) in [5.41, 5.74) is -0.0501. The van der Waals surface area contributed by atoms with Gasteiger partial charge in [0.2, 0.25) is 0 Å². The summed E-state index contributed by atoms with van der Waals surface area (Å²) in [6.45, 7) is 0. The Labute approximate surface area is 189 Å². The number of halogens is 6. The van der Waals surface area contributed by atoms with E-state index in [2.05, 4.69) is 9.97 Å². The molecule has 2 aromatic carbocycles. The highest BCUT2D eigenvalue weighted by atomic mass is 32.1. The van der Waals surface area contributed by atoms with E-state index in [1.165, 1.54) is 26.4 Å². The van der Waals surface area contributed by atoms with Gasteiger partial charge in [0.1, 0.15) is 22.5 Å². The molecule has 0 saturated carbocycles. The third-order valence-electron chi connectivity index (χ3n) is 4.04. The molecule has 6 nitrogen and oxygen atoms in total. The number of nitrogens with zero attached hydrogens (tertiary/aromatic N) is 2. The van der Waals surface area contributed by atoms with Crippen LogP contribution < -0.4 is 9.47 Å². The van der Waals surface area contributed by atoms with E-state index in [-0.39, 0.29) is 27.0 Å². The van der Waals surface area contributed by atoms with Crippen molar-refractivity contribution in [2.24, 2.45) is 0 Å². The molecule has 0 saturated heterocycles. The molecule has 0 aliphatic carbocycles. The Morgan fingerprint density at radius 3 is 1.94 bits per heavy atom. The van der Waals surface area contributed by atoms with E-state index < -0.39 is 28.3 Å². The van der Waals surface area contributed by atoms with Crippen LogP contribution >= 0.6 is 22.7 Å². The molecule has 0 bridgehead atoms. The maximum Gasteiger partial charge on any atom is 0.443 e. The predicted octanol–water partition coefficient (Wildman–Crippen LogP) is 6.35. The molecule has 0 aliphatic heterocycles. The van der Waals surface area contributed by atoms with Crippen molar-refractivity contribution in [3.8, 4) is 11.5 Å². The van der Waals surface area contributed by atoms with Crippen molar-refractivity contribution >= 4 is 49.1 Å². The predicted molar refractivity (Wildman–Crippen MR) is 109 cm³/mol. The number of hydrogen-bond donors (Lipinski definition) is 1. The van der Waals surface area contributed by atoms with E-state index in [0.29, 0.717) is 33.1 Å². The topological polar surface area (TPSA) is 81.5 Å². The van der Waals surface area contributed by atoms with Crippen LogP contribution in [-0.2, 0) is 12.4 Å². The first-order valence-corrected chi connectivity index (χ1v) is 10.3. The van der Waals surface area contributed by atoms with Gasteiger partial charge in [0.05, 0.1) is 29.2 Å². The second-order valence-corrected chi connectivity index (χ2v) is 8.17. The highest BCUT2D eigenvalue weighted by molar-refractivity contribution is 7.19. The maximum absolute atomic E-state index is 12.6. The van der Waals surface area contributed by atoms with Crippen LogP contribution in [0.25, 0.3) is 20.4 Å². The van der Waals surface area contributed by atoms with Crippen LogP contribution in [0, 0.1) is 0 Å². The SMILES string of the molecule is COc1ccc(C(=O)O)c2sc(C(F)(F)F)nc12.COc1cccc2sc(C(F)(F)F)nc12. The Bertz CT molecular complexity index is 1310. The number of hydrogen-bond acceptors (Lipinski definition) is 7. The second kappa shape index (κ2) is 9.02. The summed E-state index contributed by atoms with van der Waals surface area (Å²) >= 11 is 0.909. The number of fused-ring (bicyclic) bond motifs is 2. The lowest BCUT2D eigenvalue weighted by Gasteiger charge is -2.01. The largest absolute Gasteiger partial charge is 0.494 e. The molecule has 2 aromatic heterocycles. The van der Waals surface area contributed by atoms with E-state index in [0.717, 1.165) is 0 Å². The first-order chi connectivity index (χ1) is 15.4. The van der Waals surface area contributed by atoms with Crippen LogP contribution in [0.3, 0.4) is 0 Å². The normalized spacial score (nSPS) is 11.9. The first-order valence-electron chi connectivity index (χ1n) is 8.65. The fourth-order valence-electron chi connectivity index (χ4n) is 2.65. The third-order valence-corrected chi connectivity index (χ3v) is 6.24. The monoisotopic (exact) mass is 510 g/mol. The first kappa shape index (κ1) is 24.5. The number of carboxylic acid groups (broad SMARTS) is 1. The Hall–Kier alpha value is -3.13. The quantitative estimate of drug-likeness (QED) is 0.324. The van der Waals surface area contributed by atoms with Gasteiger partial charge in [-0.05, 0) is 24.3 Å². The Balaban J connectivity index is 0.000000189. The van der Waals surface area contributed by atoms with E-state index in [1.54, 1.807) is 18.2 Å². The van der Waals surface area contributed by atoms with Crippen LogP contribution in [0.1, 0.15) is 20.4 Å². The van der Waals surface area contributed by atoms with Gasteiger partial charge in [0, 0.05) is 0 Å². The lowest BCUT2D eigenvalue weighted by atomic mass is 10.2. The summed E-state index contributed by atoms with van der Waals surface area (Å²) < 4.78 is 85.0. The van der Waals surface area contributed by atoms with Gasteiger partial charge in [-0.1, -0.05) is 6.07 Å². The second-order valence-electron chi connectivity index (χ2n) is 6.14. The molecule has 176 valence electrons. The standard InChI is InChI=1S/C10H6F3NO3S.C9H6F3NOS/c1-17-5-3-2-4(8(15)16)7-6(5)14-9(18-7)10(11,12)13;1-14-5-3-2-4-6-7(5)13-8(15-6)9(10,11)12/h2-3H,1H3,(H,15,16);2-4H,1H3. The van der Waals surface area contributed by atoms with Crippen molar-refractivity contribution in [2.45, 2.75) is 12.4 Å². The van der Waals surface area contributed by atoms with Gasteiger partial charge < -0.3 is 14.6 Å². The number of benzene rings is 2. The summed E-state index contributed by atoms with van der Waals surface area (Å²) in [5.74, 6) is -0.832. The number of aromatic carboxylic acids is 1. The Kier molecular flexibility index (Phi) is 6.70. The number of aromatic nitrogens is 2. The lowest BCUT2D eigenvalue weighted by molar-refractivity contribution is -0.138. The number of carboxylic acids is 1. The van der Waals surface area contributed by atoms with Gasteiger partial charge in [-0.15, -0.1) is 22.7 Å². The third kappa shape index (κ3) is 5.11. The van der Waals surface area contributed by atoms with Gasteiger partial charge in [-0.2, -0.15) is 26.3 Å². The van der Waals surface area contributed by atoms with Gasteiger partial charge in [-0.25, -0.2) is 14.8 Å². The molecule has 0 unspecified atom stereocenters. The van der Waals surface area contributed by atoms with Crippen molar-refractivity contribution in [3.05, 3.63) is 45.9 Å². The average Bonchev–Trinajstić information content (AvgIpc) is 3.37. The zero-order valence-electron chi connectivity index (χ0n) is 16.5. The molecule has 0 amide bonds. The van der Waals surface area contributed by atoms with Crippen LogP contribution in [-0.4, -0.2) is 35.3 Å². The summed E-state index contributed by atoms with van der Waals surface area (Å²) in [6.07, 6.45) is -9.00. The zero-order chi connectivity index (χ0) is 24.6. The number of thiazole rings is 2. The highest BCUT2D eigenvalue weighted by Gasteiger charge is 2.36. The Morgan fingerprint density at radius 2 is 1.39 bits per heavy atom. The number of methoxy groups -OCH3 is 2. The fourth-order valence-corrected chi connectivity index (χ4v) is 4.45. The molecule has 4 rings (SSSR count). The smallest absolute Gasteiger partial charge is 0.443 e. The summed E-state index contributed by atoms with van der Waals surface area (Å²) in [7, 11) is 2.68. The zero-order valence-corrected chi connectivity index (χ0v) is 18.2. The molecule has 0 radical (unpaired) electrons. The molecule has 14 heteroatoms. The van der Waals surface area contributed by atoms with E-state index >= 15 is 0 Å².